The highest BCUT2D eigenvalue weighted by Gasteiger charge is 2.33. The summed E-state index contributed by atoms with van der Waals surface area (Å²) in [5.74, 6) is -1.09. The summed E-state index contributed by atoms with van der Waals surface area (Å²) >= 11 is 1.25. The number of esters is 1. The summed E-state index contributed by atoms with van der Waals surface area (Å²) in [6.07, 6.45) is 1.83. The molecule has 10 heteroatoms. The molecule has 210 valence electrons. The van der Waals surface area contributed by atoms with Gasteiger partial charge in [0.05, 0.1) is 41.5 Å². The Balaban J connectivity index is 1.65. The standard InChI is InChI=1S/C31H29N3O6S/c1-6-40-30(38)26-18(3)32-31-34(27(26)20-9-13-24(39-5)14-10-20)28(35)25(41-31)16-22-15-17(2)33(19(22)4)23-11-7-21(8-12-23)29(36)37/h7-16,27H,6H2,1-5H3,(H,36,37)/p-1/b25-16-/t27-/m0/s1. The third-order valence-corrected chi connectivity index (χ3v) is 8.05. The average molecular weight is 571 g/mol. The Labute approximate surface area is 239 Å². The fourth-order valence-electron chi connectivity index (χ4n) is 5.11. The molecule has 3 heterocycles. The number of fused-ring (bicyclic) bond motifs is 1. The van der Waals surface area contributed by atoms with E-state index in [0.717, 1.165) is 28.2 Å². The highest BCUT2D eigenvalue weighted by molar-refractivity contribution is 7.07. The zero-order chi connectivity index (χ0) is 29.4. The summed E-state index contributed by atoms with van der Waals surface area (Å²) in [6, 6.07) is 14.9. The van der Waals surface area contributed by atoms with E-state index in [1.807, 2.05) is 42.7 Å². The van der Waals surface area contributed by atoms with E-state index in [4.69, 9.17) is 9.47 Å². The minimum Gasteiger partial charge on any atom is -0.545 e. The van der Waals surface area contributed by atoms with Crippen molar-refractivity contribution in [2.75, 3.05) is 13.7 Å². The lowest BCUT2D eigenvalue weighted by Gasteiger charge is -2.24. The minimum atomic E-state index is -1.23. The van der Waals surface area contributed by atoms with Gasteiger partial charge in [0, 0.05) is 17.1 Å². The van der Waals surface area contributed by atoms with E-state index in [1.54, 1.807) is 49.8 Å². The smallest absolute Gasteiger partial charge is 0.338 e. The van der Waals surface area contributed by atoms with E-state index >= 15 is 0 Å². The van der Waals surface area contributed by atoms with Crippen molar-refractivity contribution < 1.29 is 24.2 Å². The van der Waals surface area contributed by atoms with Gasteiger partial charge in [-0.25, -0.2) is 9.79 Å². The van der Waals surface area contributed by atoms with Gasteiger partial charge < -0.3 is 23.9 Å². The molecule has 1 atom stereocenters. The van der Waals surface area contributed by atoms with Crippen LogP contribution in [0.3, 0.4) is 0 Å². The second-order valence-corrected chi connectivity index (χ2v) is 10.6. The lowest BCUT2D eigenvalue weighted by atomic mass is 9.96. The van der Waals surface area contributed by atoms with Gasteiger partial charge in [0.25, 0.3) is 5.56 Å². The molecular formula is C31H28N3O6S-. The molecule has 4 aromatic rings. The minimum absolute atomic E-state index is 0.0986. The Kier molecular flexibility index (Phi) is 7.51. The Morgan fingerprint density at radius 3 is 2.37 bits per heavy atom. The second-order valence-electron chi connectivity index (χ2n) is 9.57. The number of allylic oxidation sites excluding steroid dienone is 1. The van der Waals surface area contributed by atoms with Crippen LogP contribution in [-0.4, -0.2) is 34.8 Å². The molecule has 1 aliphatic rings. The van der Waals surface area contributed by atoms with Crippen LogP contribution in [0.1, 0.15) is 52.8 Å². The Hall–Kier alpha value is -4.70. The number of thiazole rings is 1. The molecule has 0 radical (unpaired) electrons. The number of nitrogens with zero attached hydrogens (tertiary/aromatic N) is 3. The number of hydrogen-bond donors (Lipinski definition) is 0. The van der Waals surface area contributed by atoms with Gasteiger partial charge in [-0.3, -0.25) is 9.36 Å². The maximum atomic E-state index is 13.9. The first-order valence-corrected chi connectivity index (χ1v) is 13.8. The normalized spacial score (nSPS) is 15.0. The number of carbonyl (C=O) groups excluding carboxylic acids is 2. The molecule has 0 unspecified atom stereocenters. The maximum absolute atomic E-state index is 13.9. The van der Waals surface area contributed by atoms with Gasteiger partial charge in [-0.15, -0.1) is 0 Å². The number of aromatic nitrogens is 2. The van der Waals surface area contributed by atoms with Gasteiger partial charge in [0.1, 0.15) is 5.75 Å². The summed E-state index contributed by atoms with van der Waals surface area (Å²) < 4.78 is 14.7. The van der Waals surface area contributed by atoms with Crippen molar-refractivity contribution in [3.8, 4) is 11.4 Å². The van der Waals surface area contributed by atoms with Gasteiger partial charge in [0.2, 0.25) is 0 Å². The molecule has 0 aliphatic carbocycles. The lowest BCUT2D eigenvalue weighted by Crippen LogP contribution is -2.39. The molecule has 0 fully saturated rings. The average Bonchev–Trinajstić information content (AvgIpc) is 3.41. The number of rotatable bonds is 7. The first-order chi connectivity index (χ1) is 19.6. The Morgan fingerprint density at radius 1 is 1.07 bits per heavy atom. The highest BCUT2D eigenvalue weighted by atomic mass is 32.1. The molecule has 0 saturated carbocycles. The number of carboxylic acids is 1. The molecule has 9 nitrogen and oxygen atoms in total. The predicted molar refractivity (Wildman–Crippen MR) is 153 cm³/mol. The summed E-state index contributed by atoms with van der Waals surface area (Å²) in [7, 11) is 1.58. The highest BCUT2D eigenvalue weighted by Crippen LogP contribution is 2.31. The molecule has 0 amide bonds. The second kappa shape index (κ2) is 11.1. The van der Waals surface area contributed by atoms with E-state index in [2.05, 4.69) is 4.99 Å². The van der Waals surface area contributed by atoms with Crippen LogP contribution in [0.4, 0.5) is 0 Å². The molecule has 0 bridgehead atoms. The van der Waals surface area contributed by atoms with Crippen LogP contribution in [0.15, 0.2) is 75.7 Å². The molecule has 2 aromatic carbocycles. The summed E-state index contributed by atoms with van der Waals surface area (Å²) in [4.78, 5) is 43.3. The summed E-state index contributed by atoms with van der Waals surface area (Å²) in [6.45, 7) is 7.56. The Morgan fingerprint density at radius 2 is 1.76 bits per heavy atom. The van der Waals surface area contributed by atoms with Crippen molar-refractivity contribution in [1.29, 1.82) is 0 Å². The van der Waals surface area contributed by atoms with Gasteiger partial charge in [-0.05, 0) is 80.8 Å². The van der Waals surface area contributed by atoms with Crippen LogP contribution >= 0.6 is 11.3 Å². The van der Waals surface area contributed by atoms with E-state index < -0.39 is 18.0 Å². The topological polar surface area (TPSA) is 115 Å². The van der Waals surface area contributed by atoms with Crippen LogP contribution < -0.4 is 24.7 Å². The third kappa shape index (κ3) is 5.02. The number of carboxylic acid groups (broad SMARTS) is 1. The molecule has 1 aliphatic heterocycles. The van der Waals surface area contributed by atoms with Crippen molar-refractivity contribution in [1.82, 2.24) is 9.13 Å². The quantitative estimate of drug-likeness (QED) is 0.316. The number of ether oxygens (including phenoxy) is 2. The molecule has 41 heavy (non-hydrogen) atoms. The van der Waals surface area contributed by atoms with Gasteiger partial charge in [-0.1, -0.05) is 35.6 Å². The number of aromatic carboxylic acids is 1. The van der Waals surface area contributed by atoms with E-state index in [0.29, 0.717) is 26.4 Å². The van der Waals surface area contributed by atoms with Gasteiger partial charge >= 0.3 is 5.97 Å². The van der Waals surface area contributed by atoms with Crippen LogP contribution in [0, 0.1) is 13.8 Å². The van der Waals surface area contributed by atoms with Crippen molar-refractivity contribution >= 4 is 29.4 Å². The van der Waals surface area contributed by atoms with Crippen LogP contribution in [0.5, 0.6) is 5.75 Å². The van der Waals surface area contributed by atoms with Crippen LogP contribution in [-0.2, 0) is 9.53 Å². The molecule has 5 rings (SSSR count). The molecule has 0 saturated heterocycles. The fraction of sp³-hybridized carbons (Fsp3) is 0.226. The van der Waals surface area contributed by atoms with Crippen molar-refractivity contribution in [2.45, 2.75) is 33.7 Å². The van der Waals surface area contributed by atoms with Crippen molar-refractivity contribution in [3.05, 3.63) is 114 Å². The fourth-order valence-corrected chi connectivity index (χ4v) is 6.15. The predicted octanol–water partition coefficient (Wildman–Crippen LogP) is 2.58. The number of aryl methyl sites for hydroxylation is 1. The van der Waals surface area contributed by atoms with Crippen LogP contribution in [0.2, 0.25) is 0 Å². The zero-order valence-electron chi connectivity index (χ0n) is 23.3. The SMILES string of the molecule is CCOC(=O)C1=C(C)N=c2s/c(=C\c3cc(C)n(-c4ccc(C(=O)[O-])cc4)c3C)c(=O)n2[C@H]1c1ccc(OC)cc1. The van der Waals surface area contributed by atoms with E-state index in [1.165, 1.54) is 23.5 Å². The van der Waals surface area contributed by atoms with Gasteiger partial charge in [-0.2, -0.15) is 0 Å². The first kappa shape index (κ1) is 27.9. The number of methoxy groups -OCH3 is 1. The molecule has 0 N–H and O–H groups in total. The molecular weight excluding hydrogens is 542 g/mol. The number of hydrogen-bond acceptors (Lipinski definition) is 8. The summed E-state index contributed by atoms with van der Waals surface area (Å²) in [5.41, 5.74) is 4.79. The van der Waals surface area contributed by atoms with Gasteiger partial charge in [0.15, 0.2) is 4.80 Å². The Bertz CT molecular complexity index is 1880. The number of carbonyl (C=O) groups is 2. The third-order valence-electron chi connectivity index (χ3n) is 7.07. The number of benzene rings is 2. The van der Waals surface area contributed by atoms with Crippen molar-refractivity contribution in [2.24, 2.45) is 4.99 Å². The monoisotopic (exact) mass is 570 g/mol. The lowest BCUT2D eigenvalue weighted by molar-refractivity contribution is -0.255. The van der Waals surface area contributed by atoms with E-state index in [-0.39, 0.29) is 17.7 Å². The zero-order valence-corrected chi connectivity index (χ0v) is 24.1. The van der Waals surface area contributed by atoms with E-state index in [9.17, 15) is 19.5 Å². The summed E-state index contributed by atoms with van der Waals surface area (Å²) in [5, 5.41) is 11.2. The first-order valence-electron chi connectivity index (χ1n) is 13.0. The van der Waals surface area contributed by atoms with Crippen molar-refractivity contribution in [3.63, 3.8) is 0 Å². The van der Waals surface area contributed by atoms with Crippen LogP contribution in [0.25, 0.3) is 11.8 Å². The maximum Gasteiger partial charge on any atom is 0.338 e. The molecule has 2 aromatic heterocycles. The molecule has 0 spiro atoms. The largest absolute Gasteiger partial charge is 0.545 e.